The number of likely N-dealkylation sites (tertiary alicyclic amines) is 1. The Morgan fingerprint density at radius 1 is 1.07 bits per heavy atom. The Balaban J connectivity index is 1.60. The van der Waals surface area contributed by atoms with E-state index in [9.17, 15) is 9.59 Å². The van der Waals surface area contributed by atoms with Crippen LogP contribution in [0.5, 0.6) is 0 Å². The first kappa shape index (κ1) is 17.0. The molecule has 28 heavy (non-hydrogen) atoms. The second-order valence-electron chi connectivity index (χ2n) is 7.58. The first-order valence-corrected chi connectivity index (χ1v) is 9.80. The highest BCUT2D eigenvalue weighted by Crippen LogP contribution is 2.35. The van der Waals surface area contributed by atoms with Crippen LogP contribution in [0, 0.1) is 5.92 Å². The molecule has 1 aromatic carbocycles. The molecule has 1 atom stereocenters. The number of carbonyl (C=O) groups is 1. The molecule has 3 heterocycles. The smallest absolute Gasteiger partial charge is 0.292 e. The summed E-state index contributed by atoms with van der Waals surface area (Å²) in [5.41, 5.74) is 0.674. The van der Waals surface area contributed by atoms with Crippen LogP contribution < -0.4 is 5.56 Å². The summed E-state index contributed by atoms with van der Waals surface area (Å²) in [6.07, 6.45) is 7.09. The Kier molecular flexibility index (Phi) is 4.15. The summed E-state index contributed by atoms with van der Waals surface area (Å²) < 4.78 is 1.81. The number of nitrogens with zero attached hydrogens (tertiary/aromatic N) is 5. The van der Waals surface area contributed by atoms with Crippen molar-refractivity contribution in [3.63, 3.8) is 0 Å². The predicted octanol–water partition coefficient (Wildman–Crippen LogP) is 2.57. The lowest BCUT2D eigenvalue weighted by Crippen LogP contribution is -2.36. The van der Waals surface area contributed by atoms with Gasteiger partial charge in [-0.15, -0.1) is 0 Å². The van der Waals surface area contributed by atoms with Crippen molar-refractivity contribution < 1.29 is 4.79 Å². The van der Waals surface area contributed by atoms with Crippen molar-refractivity contribution in [1.29, 1.82) is 0 Å². The van der Waals surface area contributed by atoms with E-state index in [0.717, 1.165) is 25.7 Å². The predicted molar refractivity (Wildman–Crippen MR) is 104 cm³/mol. The van der Waals surface area contributed by atoms with Gasteiger partial charge in [-0.25, -0.2) is 15.0 Å². The molecular weight excluding hydrogens is 354 g/mol. The van der Waals surface area contributed by atoms with Crippen molar-refractivity contribution in [3.05, 3.63) is 64.7 Å². The molecular formula is C21H21N5O2. The minimum atomic E-state index is -0.229. The molecule has 0 spiro atoms. The van der Waals surface area contributed by atoms with Gasteiger partial charge in [0, 0.05) is 25.5 Å². The quantitative estimate of drug-likeness (QED) is 0.700. The third-order valence-corrected chi connectivity index (χ3v) is 5.60. The minimum absolute atomic E-state index is 0.0113. The van der Waals surface area contributed by atoms with Gasteiger partial charge in [0.1, 0.15) is 5.82 Å². The lowest BCUT2D eigenvalue weighted by atomic mass is 10.1. The molecule has 5 rings (SSSR count). The summed E-state index contributed by atoms with van der Waals surface area (Å²) in [5.74, 6) is 1.20. The SMILES string of the molecule is O=C(c1ncccn1)N1CCCC1c1nc2ccccc2c(=O)n1CC1CC1. The molecule has 2 aliphatic rings. The molecule has 7 nitrogen and oxygen atoms in total. The summed E-state index contributed by atoms with van der Waals surface area (Å²) in [4.78, 5) is 41.1. The van der Waals surface area contributed by atoms with Gasteiger partial charge >= 0.3 is 0 Å². The maximum Gasteiger partial charge on any atom is 0.292 e. The maximum absolute atomic E-state index is 13.2. The number of benzene rings is 1. The monoisotopic (exact) mass is 375 g/mol. The van der Waals surface area contributed by atoms with Crippen molar-refractivity contribution in [2.24, 2.45) is 5.92 Å². The van der Waals surface area contributed by atoms with E-state index in [0.29, 0.717) is 35.7 Å². The van der Waals surface area contributed by atoms with Crippen LogP contribution in [0.2, 0.25) is 0 Å². The lowest BCUT2D eigenvalue weighted by molar-refractivity contribution is 0.0713. The van der Waals surface area contributed by atoms with Gasteiger partial charge in [-0.1, -0.05) is 12.1 Å². The standard InChI is InChI=1S/C21H21N5O2/c27-20-15-5-1-2-6-16(15)24-19(26(20)13-14-8-9-14)17-7-3-12-25(17)21(28)18-22-10-4-11-23-18/h1-2,4-6,10-11,14,17H,3,7-9,12-13H2. The van der Waals surface area contributed by atoms with E-state index in [2.05, 4.69) is 9.97 Å². The number of para-hydroxylation sites is 1. The molecule has 1 aliphatic heterocycles. The molecule has 1 aliphatic carbocycles. The van der Waals surface area contributed by atoms with Crippen LogP contribution in [0.4, 0.5) is 0 Å². The molecule has 2 fully saturated rings. The third kappa shape index (κ3) is 2.96. The van der Waals surface area contributed by atoms with E-state index < -0.39 is 0 Å². The van der Waals surface area contributed by atoms with Gasteiger partial charge in [-0.3, -0.25) is 14.2 Å². The van der Waals surface area contributed by atoms with Crippen LogP contribution in [0.15, 0.2) is 47.5 Å². The van der Waals surface area contributed by atoms with Gasteiger partial charge in [0.2, 0.25) is 5.82 Å². The van der Waals surface area contributed by atoms with Crippen molar-refractivity contribution in [2.75, 3.05) is 6.54 Å². The fraction of sp³-hybridized carbons (Fsp3) is 0.381. The molecule has 1 unspecified atom stereocenters. The van der Waals surface area contributed by atoms with Gasteiger partial charge < -0.3 is 4.90 Å². The fourth-order valence-electron chi connectivity index (χ4n) is 3.99. The van der Waals surface area contributed by atoms with E-state index in [4.69, 9.17) is 4.98 Å². The highest BCUT2D eigenvalue weighted by molar-refractivity contribution is 5.91. The van der Waals surface area contributed by atoms with Crippen molar-refractivity contribution in [3.8, 4) is 0 Å². The van der Waals surface area contributed by atoms with Crippen LogP contribution >= 0.6 is 0 Å². The Morgan fingerprint density at radius 2 is 1.86 bits per heavy atom. The summed E-state index contributed by atoms with van der Waals surface area (Å²) in [6.45, 7) is 1.29. The summed E-state index contributed by atoms with van der Waals surface area (Å²) in [7, 11) is 0. The normalized spacial score (nSPS) is 19.3. The van der Waals surface area contributed by atoms with Crippen LogP contribution in [0.25, 0.3) is 10.9 Å². The molecule has 7 heteroatoms. The molecule has 1 saturated carbocycles. The fourth-order valence-corrected chi connectivity index (χ4v) is 3.99. The van der Waals surface area contributed by atoms with E-state index in [1.807, 2.05) is 28.8 Å². The maximum atomic E-state index is 13.2. The van der Waals surface area contributed by atoms with Crippen molar-refractivity contribution in [2.45, 2.75) is 38.3 Å². The van der Waals surface area contributed by atoms with E-state index in [-0.39, 0.29) is 23.3 Å². The Labute approximate surface area is 162 Å². The highest BCUT2D eigenvalue weighted by Gasteiger charge is 2.36. The Hall–Kier alpha value is -3.09. The van der Waals surface area contributed by atoms with E-state index in [1.54, 1.807) is 23.4 Å². The van der Waals surface area contributed by atoms with Gasteiger partial charge in [-0.2, -0.15) is 0 Å². The van der Waals surface area contributed by atoms with Gasteiger partial charge in [-0.05, 0) is 49.8 Å². The molecule has 2 aromatic heterocycles. The summed E-state index contributed by atoms with van der Waals surface area (Å²) in [6, 6.07) is 8.91. The Bertz CT molecular complexity index is 1090. The second kappa shape index (κ2) is 6.82. The zero-order chi connectivity index (χ0) is 19.1. The van der Waals surface area contributed by atoms with Gasteiger partial charge in [0.15, 0.2) is 0 Å². The van der Waals surface area contributed by atoms with E-state index in [1.165, 1.54) is 0 Å². The number of carbonyl (C=O) groups excluding carboxylic acids is 1. The number of amides is 1. The molecule has 0 N–H and O–H groups in total. The summed E-state index contributed by atoms with van der Waals surface area (Å²) in [5, 5.41) is 0.633. The number of hydrogen-bond donors (Lipinski definition) is 0. The van der Waals surface area contributed by atoms with Crippen molar-refractivity contribution >= 4 is 16.8 Å². The largest absolute Gasteiger partial charge is 0.326 e. The first-order chi connectivity index (χ1) is 13.7. The molecule has 0 bridgehead atoms. The number of hydrogen-bond acceptors (Lipinski definition) is 5. The van der Waals surface area contributed by atoms with Gasteiger partial charge in [0.25, 0.3) is 11.5 Å². The third-order valence-electron chi connectivity index (χ3n) is 5.60. The van der Waals surface area contributed by atoms with Crippen LogP contribution in [-0.2, 0) is 6.54 Å². The average molecular weight is 375 g/mol. The lowest BCUT2D eigenvalue weighted by Gasteiger charge is -2.26. The van der Waals surface area contributed by atoms with Crippen LogP contribution in [0.3, 0.4) is 0 Å². The summed E-state index contributed by atoms with van der Waals surface area (Å²) >= 11 is 0. The molecule has 3 aromatic rings. The van der Waals surface area contributed by atoms with Gasteiger partial charge in [0.05, 0.1) is 16.9 Å². The number of rotatable bonds is 4. The van der Waals surface area contributed by atoms with Crippen molar-refractivity contribution in [1.82, 2.24) is 24.4 Å². The topological polar surface area (TPSA) is 81.0 Å². The molecule has 1 amide bonds. The number of aromatic nitrogens is 4. The second-order valence-corrected chi connectivity index (χ2v) is 7.58. The van der Waals surface area contributed by atoms with E-state index >= 15 is 0 Å². The van der Waals surface area contributed by atoms with Crippen LogP contribution in [0.1, 0.15) is 48.2 Å². The highest BCUT2D eigenvalue weighted by atomic mass is 16.2. The molecule has 1 saturated heterocycles. The zero-order valence-corrected chi connectivity index (χ0v) is 15.5. The average Bonchev–Trinajstić information content (AvgIpc) is 3.43. The first-order valence-electron chi connectivity index (χ1n) is 9.80. The molecule has 0 radical (unpaired) electrons. The molecule has 142 valence electrons. The zero-order valence-electron chi connectivity index (χ0n) is 15.5. The number of fused-ring (bicyclic) bond motifs is 1. The van der Waals surface area contributed by atoms with Crippen LogP contribution in [-0.4, -0.2) is 36.9 Å². The minimum Gasteiger partial charge on any atom is -0.326 e. The Morgan fingerprint density at radius 3 is 2.64 bits per heavy atom.